The van der Waals surface area contributed by atoms with Crippen LogP contribution in [0, 0.1) is 0 Å². The van der Waals surface area contributed by atoms with E-state index in [4.69, 9.17) is 9.15 Å². The van der Waals surface area contributed by atoms with Crippen molar-refractivity contribution in [3.05, 3.63) is 54.9 Å². The Balaban J connectivity index is 1.70. The van der Waals surface area contributed by atoms with Crippen LogP contribution in [0.5, 0.6) is 0 Å². The maximum absolute atomic E-state index is 5.97. The Morgan fingerprint density at radius 1 is 1.28 bits per heavy atom. The second-order valence-corrected chi connectivity index (χ2v) is 5.86. The molecular weight excluding hydrogens is 318 g/mol. The average Bonchev–Trinajstić information content (AvgIpc) is 3.37. The van der Waals surface area contributed by atoms with Crippen molar-refractivity contribution in [3.63, 3.8) is 0 Å². The Morgan fingerprint density at radius 2 is 2.16 bits per heavy atom. The van der Waals surface area contributed by atoms with Crippen molar-refractivity contribution in [1.29, 1.82) is 0 Å². The van der Waals surface area contributed by atoms with E-state index in [1.54, 1.807) is 19.6 Å². The highest BCUT2D eigenvalue weighted by Crippen LogP contribution is 2.29. The Bertz CT molecular complexity index is 951. The van der Waals surface area contributed by atoms with Crippen molar-refractivity contribution in [1.82, 2.24) is 24.3 Å². The van der Waals surface area contributed by atoms with Crippen LogP contribution in [0.3, 0.4) is 0 Å². The van der Waals surface area contributed by atoms with Crippen LogP contribution in [0.1, 0.15) is 18.8 Å². The Labute approximate surface area is 144 Å². The van der Waals surface area contributed by atoms with Crippen molar-refractivity contribution >= 4 is 11.0 Å². The van der Waals surface area contributed by atoms with E-state index in [1.807, 2.05) is 45.7 Å². The first-order valence-corrected chi connectivity index (χ1v) is 8.16. The van der Waals surface area contributed by atoms with Crippen molar-refractivity contribution < 1.29 is 9.15 Å². The van der Waals surface area contributed by atoms with E-state index in [0.717, 1.165) is 28.4 Å². The van der Waals surface area contributed by atoms with Crippen LogP contribution in [0.25, 0.3) is 22.6 Å². The van der Waals surface area contributed by atoms with Crippen molar-refractivity contribution in [2.24, 2.45) is 0 Å². The van der Waals surface area contributed by atoms with Gasteiger partial charge in [0, 0.05) is 31.4 Å². The summed E-state index contributed by atoms with van der Waals surface area (Å²) in [5.41, 5.74) is 0.850. The molecule has 0 bridgehead atoms. The number of nitrogens with zero attached hydrogens (tertiary/aromatic N) is 5. The number of aromatic nitrogens is 5. The third-order valence-corrected chi connectivity index (χ3v) is 4.29. The van der Waals surface area contributed by atoms with Gasteiger partial charge in [0.15, 0.2) is 17.4 Å². The standard InChI is InChI=1S/C18H19N5O2/c1-13(17-21-20-12-22(17)9-10-24-2)23-8-7-19-18(23)16-11-14-5-3-4-6-15(14)25-16/h3-8,11-13H,9-10H2,1-2H3/t13-/m0/s1. The molecule has 0 spiro atoms. The van der Waals surface area contributed by atoms with Gasteiger partial charge in [0.05, 0.1) is 12.6 Å². The van der Waals surface area contributed by atoms with Gasteiger partial charge in [0.2, 0.25) is 0 Å². The molecule has 4 rings (SSSR count). The van der Waals surface area contributed by atoms with E-state index < -0.39 is 0 Å². The minimum absolute atomic E-state index is 0.0370. The van der Waals surface area contributed by atoms with E-state index in [2.05, 4.69) is 22.1 Å². The molecule has 7 nitrogen and oxygen atoms in total. The SMILES string of the molecule is COCCn1cnnc1[C@H](C)n1ccnc1-c1cc2ccccc2o1. The second-order valence-electron chi connectivity index (χ2n) is 5.86. The molecule has 3 aromatic heterocycles. The molecule has 0 aliphatic rings. The molecule has 7 heteroatoms. The zero-order valence-electron chi connectivity index (χ0n) is 14.2. The fraction of sp³-hybridized carbons (Fsp3) is 0.278. The van der Waals surface area contributed by atoms with Gasteiger partial charge < -0.3 is 18.3 Å². The minimum Gasteiger partial charge on any atom is -0.453 e. The zero-order valence-corrected chi connectivity index (χ0v) is 14.2. The fourth-order valence-corrected chi connectivity index (χ4v) is 2.98. The number of ether oxygens (including phenoxy) is 1. The van der Waals surface area contributed by atoms with Gasteiger partial charge >= 0.3 is 0 Å². The summed E-state index contributed by atoms with van der Waals surface area (Å²) in [6.07, 6.45) is 5.43. The van der Waals surface area contributed by atoms with Crippen LogP contribution in [-0.4, -0.2) is 38.0 Å². The number of imidazole rings is 1. The predicted molar refractivity (Wildman–Crippen MR) is 93.1 cm³/mol. The molecular formula is C18H19N5O2. The van der Waals surface area contributed by atoms with Gasteiger partial charge in [-0.05, 0) is 19.1 Å². The molecule has 0 aliphatic heterocycles. The quantitative estimate of drug-likeness (QED) is 0.540. The maximum atomic E-state index is 5.97. The summed E-state index contributed by atoms with van der Waals surface area (Å²) < 4.78 is 15.2. The van der Waals surface area contributed by atoms with Gasteiger partial charge in [-0.1, -0.05) is 18.2 Å². The normalized spacial score (nSPS) is 12.7. The Hall–Kier alpha value is -2.93. The van der Waals surface area contributed by atoms with Crippen LogP contribution in [0.2, 0.25) is 0 Å². The van der Waals surface area contributed by atoms with Crippen LogP contribution in [0.4, 0.5) is 0 Å². The smallest absolute Gasteiger partial charge is 0.176 e. The van der Waals surface area contributed by atoms with Crippen molar-refractivity contribution in [3.8, 4) is 11.6 Å². The third kappa shape index (κ3) is 2.83. The Kier molecular flexibility index (Phi) is 4.07. The first-order chi connectivity index (χ1) is 12.3. The highest BCUT2D eigenvalue weighted by atomic mass is 16.5. The number of fused-ring (bicyclic) bond motifs is 1. The molecule has 0 saturated carbocycles. The van der Waals surface area contributed by atoms with Gasteiger partial charge in [-0.15, -0.1) is 10.2 Å². The predicted octanol–water partition coefficient (Wildman–Crippen LogP) is 3.14. The molecule has 0 amide bonds. The molecule has 0 radical (unpaired) electrons. The summed E-state index contributed by atoms with van der Waals surface area (Å²) in [6.45, 7) is 3.39. The lowest BCUT2D eigenvalue weighted by Crippen LogP contribution is -2.15. The number of methoxy groups -OCH3 is 1. The summed E-state index contributed by atoms with van der Waals surface area (Å²) in [6, 6.07) is 9.91. The molecule has 1 atom stereocenters. The fourth-order valence-electron chi connectivity index (χ4n) is 2.98. The highest BCUT2D eigenvalue weighted by Gasteiger charge is 2.20. The monoisotopic (exact) mass is 337 g/mol. The zero-order chi connectivity index (χ0) is 17.2. The van der Waals surface area contributed by atoms with Gasteiger partial charge in [-0.2, -0.15) is 0 Å². The molecule has 0 saturated heterocycles. The molecule has 128 valence electrons. The van der Waals surface area contributed by atoms with E-state index in [9.17, 15) is 0 Å². The Morgan fingerprint density at radius 3 is 3.00 bits per heavy atom. The van der Waals surface area contributed by atoms with Crippen molar-refractivity contribution in [2.75, 3.05) is 13.7 Å². The van der Waals surface area contributed by atoms with Crippen molar-refractivity contribution in [2.45, 2.75) is 19.5 Å². The molecule has 0 fully saturated rings. The lowest BCUT2D eigenvalue weighted by molar-refractivity contribution is 0.185. The van der Waals surface area contributed by atoms with Gasteiger partial charge in [0.1, 0.15) is 11.9 Å². The summed E-state index contributed by atoms with van der Waals surface area (Å²) >= 11 is 0. The van der Waals surface area contributed by atoms with Gasteiger partial charge in [-0.25, -0.2) is 4.98 Å². The topological polar surface area (TPSA) is 70.9 Å². The molecule has 0 unspecified atom stereocenters. The average molecular weight is 337 g/mol. The van der Waals surface area contributed by atoms with Crippen LogP contribution in [0.15, 0.2) is 53.5 Å². The minimum atomic E-state index is -0.0370. The molecule has 1 aromatic carbocycles. The number of para-hydroxylation sites is 1. The third-order valence-electron chi connectivity index (χ3n) is 4.29. The van der Waals surface area contributed by atoms with Gasteiger partial charge in [-0.3, -0.25) is 0 Å². The van der Waals surface area contributed by atoms with E-state index in [0.29, 0.717) is 13.2 Å². The second kappa shape index (κ2) is 6.52. The molecule has 25 heavy (non-hydrogen) atoms. The number of hydrogen-bond donors (Lipinski definition) is 0. The first-order valence-electron chi connectivity index (χ1n) is 8.16. The summed E-state index contributed by atoms with van der Waals surface area (Å²) in [7, 11) is 1.68. The van der Waals surface area contributed by atoms with E-state index >= 15 is 0 Å². The summed E-state index contributed by atoms with van der Waals surface area (Å²) in [5, 5.41) is 9.38. The lowest BCUT2D eigenvalue weighted by Gasteiger charge is -2.16. The number of furan rings is 1. The molecule has 0 N–H and O–H groups in total. The van der Waals surface area contributed by atoms with E-state index in [-0.39, 0.29) is 6.04 Å². The summed E-state index contributed by atoms with van der Waals surface area (Å²) in [4.78, 5) is 4.49. The van der Waals surface area contributed by atoms with Crippen LogP contribution >= 0.6 is 0 Å². The number of rotatable bonds is 6. The first kappa shape index (κ1) is 15.6. The highest BCUT2D eigenvalue weighted by molar-refractivity contribution is 5.81. The molecule has 3 heterocycles. The molecule has 4 aromatic rings. The number of benzene rings is 1. The lowest BCUT2D eigenvalue weighted by atomic mass is 10.2. The molecule has 0 aliphatic carbocycles. The van der Waals surface area contributed by atoms with E-state index in [1.165, 1.54) is 0 Å². The number of hydrogen-bond acceptors (Lipinski definition) is 5. The summed E-state index contributed by atoms with van der Waals surface area (Å²) in [5.74, 6) is 2.36. The maximum Gasteiger partial charge on any atom is 0.176 e. The van der Waals surface area contributed by atoms with Crippen LogP contribution in [-0.2, 0) is 11.3 Å². The van der Waals surface area contributed by atoms with Gasteiger partial charge in [0.25, 0.3) is 0 Å². The largest absolute Gasteiger partial charge is 0.453 e. The van der Waals surface area contributed by atoms with Crippen LogP contribution < -0.4 is 0 Å².